The average molecular weight is 304 g/mol. The molecule has 0 atom stereocenters. The van der Waals surface area contributed by atoms with Crippen LogP contribution in [0.2, 0.25) is 0 Å². The molecule has 23 heavy (non-hydrogen) atoms. The van der Waals surface area contributed by atoms with Crippen molar-refractivity contribution in [1.29, 1.82) is 0 Å². The summed E-state index contributed by atoms with van der Waals surface area (Å²) in [6, 6.07) is 25.9. The summed E-state index contributed by atoms with van der Waals surface area (Å²) < 4.78 is 11.2. The maximum absolute atomic E-state index is 12.0. The average Bonchev–Trinajstić information content (AvgIpc) is 2.62. The van der Waals surface area contributed by atoms with Crippen molar-refractivity contribution in [2.75, 3.05) is 6.61 Å². The number of para-hydroxylation sites is 1. The molecule has 0 spiro atoms. The van der Waals surface area contributed by atoms with Crippen molar-refractivity contribution in [2.45, 2.75) is 0 Å². The molecule has 3 nitrogen and oxygen atoms in total. The molecule has 0 aliphatic rings. The summed E-state index contributed by atoms with van der Waals surface area (Å²) in [6.07, 6.45) is 0. The van der Waals surface area contributed by atoms with E-state index in [-0.39, 0.29) is 12.4 Å². The molecule has 0 aliphatic heterocycles. The molecule has 3 heteroatoms. The van der Waals surface area contributed by atoms with Crippen LogP contribution in [0.15, 0.2) is 84.9 Å². The van der Waals surface area contributed by atoms with Crippen molar-refractivity contribution in [3.63, 3.8) is 0 Å². The maximum Gasteiger partial charge on any atom is 0.200 e. The van der Waals surface area contributed by atoms with Gasteiger partial charge in [0.1, 0.15) is 17.2 Å². The van der Waals surface area contributed by atoms with Gasteiger partial charge in [0.2, 0.25) is 0 Å². The van der Waals surface area contributed by atoms with Gasteiger partial charge in [0.25, 0.3) is 0 Å². The van der Waals surface area contributed by atoms with Gasteiger partial charge in [-0.05, 0) is 36.4 Å². The molecule has 0 saturated carbocycles. The molecule has 0 saturated heterocycles. The lowest BCUT2D eigenvalue weighted by Gasteiger charge is -2.08. The van der Waals surface area contributed by atoms with Crippen molar-refractivity contribution >= 4 is 5.78 Å². The number of carbonyl (C=O) groups excluding carboxylic acids is 1. The lowest BCUT2D eigenvalue weighted by molar-refractivity contribution is 0.0921. The van der Waals surface area contributed by atoms with Gasteiger partial charge in [0, 0.05) is 5.56 Å². The largest absolute Gasteiger partial charge is 0.485 e. The molecule has 3 rings (SSSR count). The van der Waals surface area contributed by atoms with Gasteiger partial charge in [0.15, 0.2) is 12.4 Å². The third kappa shape index (κ3) is 4.20. The smallest absolute Gasteiger partial charge is 0.200 e. The summed E-state index contributed by atoms with van der Waals surface area (Å²) in [5.41, 5.74) is 0.650. The Hall–Kier alpha value is -3.07. The number of ether oxygens (including phenoxy) is 2. The monoisotopic (exact) mass is 304 g/mol. The molecular weight excluding hydrogens is 288 g/mol. The van der Waals surface area contributed by atoms with Crippen LogP contribution in [0.5, 0.6) is 17.2 Å². The molecule has 0 unspecified atom stereocenters. The van der Waals surface area contributed by atoms with Crippen LogP contribution >= 0.6 is 0 Å². The highest BCUT2D eigenvalue weighted by molar-refractivity contribution is 5.97. The van der Waals surface area contributed by atoms with E-state index in [0.29, 0.717) is 11.3 Å². The topological polar surface area (TPSA) is 35.5 Å². The van der Waals surface area contributed by atoms with Crippen LogP contribution in [-0.4, -0.2) is 12.4 Å². The highest BCUT2D eigenvalue weighted by Crippen LogP contribution is 2.23. The normalized spacial score (nSPS) is 10.1. The van der Waals surface area contributed by atoms with Gasteiger partial charge in [-0.15, -0.1) is 0 Å². The number of hydrogen-bond acceptors (Lipinski definition) is 3. The van der Waals surface area contributed by atoms with Gasteiger partial charge >= 0.3 is 0 Å². The third-order valence-electron chi connectivity index (χ3n) is 3.27. The summed E-state index contributed by atoms with van der Waals surface area (Å²) >= 11 is 0. The van der Waals surface area contributed by atoms with Crippen LogP contribution < -0.4 is 9.47 Å². The molecule has 0 heterocycles. The first-order valence-corrected chi connectivity index (χ1v) is 7.35. The first-order valence-electron chi connectivity index (χ1n) is 7.35. The number of ketones is 1. The van der Waals surface area contributed by atoms with Crippen LogP contribution in [-0.2, 0) is 0 Å². The van der Waals surface area contributed by atoms with E-state index >= 15 is 0 Å². The molecule has 0 radical (unpaired) electrons. The first-order chi connectivity index (χ1) is 11.3. The molecule has 0 aromatic heterocycles. The minimum atomic E-state index is -0.0461. The fraction of sp³-hybridized carbons (Fsp3) is 0.0500. The van der Waals surface area contributed by atoms with E-state index in [0.717, 1.165) is 11.5 Å². The van der Waals surface area contributed by atoms with Crippen LogP contribution in [0.4, 0.5) is 0 Å². The predicted molar refractivity (Wildman–Crippen MR) is 89.2 cm³/mol. The van der Waals surface area contributed by atoms with Gasteiger partial charge in [-0.3, -0.25) is 4.79 Å². The Morgan fingerprint density at radius 1 is 0.652 bits per heavy atom. The zero-order valence-electron chi connectivity index (χ0n) is 12.5. The number of hydrogen-bond donors (Lipinski definition) is 0. The van der Waals surface area contributed by atoms with Gasteiger partial charge in [-0.2, -0.15) is 0 Å². The molecule has 0 amide bonds. The zero-order chi connectivity index (χ0) is 15.9. The Balaban J connectivity index is 1.56. The van der Waals surface area contributed by atoms with E-state index in [9.17, 15) is 4.79 Å². The van der Waals surface area contributed by atoms with Gasteiger partial charge in [-0.1, -0.05) is 48.5 Å². The van der Waals surface area contributed by atoms with Crippen LogP contribution in [0.1, 0.15) is 10.4 Å². The highest BCUT2D eigenvalue weighted by atomic mass is 16.5. The fourth-order valence-electron chi connectivity index (χ4n) is 2.08. The number of rotatable bonds is 6. The third-order valence-corrected chi connectivity index (χ3v) is 3.27. The standard InChI is InChI=1S/C20H16O3/c21-20(16-7-3-1-4-8-16)15-22-17-11-13-19(14-12-17)23-18-9-5-2-6-10-18/h1-14H,15H2. The second-order valence-corrected chi connectivity index (χ2v) is 4.96. The Labute approximate surface area is 135 Å². The lowest BCUT2D eigenvalue weighted by atomic mass is 10.1. The second-order valence-electron chi connectivity index (χ2n) is 4.96. The predicted octanol–water partition coefficient (Wildman–Crippen LogP) is 4.74. The van der Waals surface area contributed by atoms with Crippen LogP contribution in [0, 0.1) is 0 Å². The van der Waals surface area contributed by atoms with E-state index in [1.807, 2.05) is 60.7 Å². The molecular formula is C20H16O3. The van der Waals surface area contributed by atoms with E-state index in [2.05, 4.69) is 0 Å². The Morgan fingerprint density at radius 3 is 1.83 bits per heavy atom. The molecule has 0 aliphatic carbocycles. The summed E-state index contributed by atoms with van der Waals surface area (Å²) in [6.45, 7) is 0.0168. The summed E-state index contributed by atoms with van der Waals surface area (Å²) in [4.78, 5) is 12.0. The number of Topliss-reactive ketones (excluding diaryl/α,β-unsaturated/α-hetero) is 1. The number of carbonyl (C=O) groups is 1. The van der Waals surface area contributed by atoms with Crippen molar-refractivity contribution in [2.24, 2.45) is 0 Å². The molecule has 3 aromatic rings. The van der Waals surface area contributed by atoms with Gasteiger partial charge in [0.05, 0.1) is 0 Å². The molecule has 0 N–H and O–H groups in total. The van der Waals surface area contributed by atoms with Crippen molar-refractivity contribution in [3.05, 3.63) is 90.5 Å². The fourth-order valence-corrected chi connectivity index (χ4v) is 2.08. The van der Waals surface area contributed by atoms with Crippen molar-refractivity contribution < 1.29 is 14.3 Å². The Morgan fingerprint density at radius 2 is 1.17 bits per heavy atom. The second kappa shape index (κ2) is 7.27. The molecule has 3 aromatic carbocycles. The van der Waals surface area contributed by atoms with Gasteiger partial charge < -0.3 is 9.47 Å². The van der Waals surface area contributed by atoms with Crippen LogP contribution in [0.3, 0.4) is 0 Å². The Bertz CT molecular complexity index is 750. The molecule has 0 bridgehead atoms. The number of benzene rings is 3. The Kier molecular flexibility index (Phi) is 4.69. The van der Waals surface area contributed by atoms with E-state index in [4.69, 9.17) is 9.47 Å². The highest BCUT2D eigenvalue weighted by Gasteiger charge is 2.06. The van der Waals surface area contributed by atoms with E-state index in [1.165, 1.54) is 0 Å². The molecule has 114 valence electrons. The van der Waals surface area contributed by atoms with Crippen molar-refractivity contribution in [3.8, 4) is 17.2 Å². The van der Waals surface area contributed by atoms with E-state index < -0.39 is 0 Å². The van der Waals surface area contributed by atoms with Crippen molar-refractivity contribution in [1.82, 2.24) is 0 Å². The summed E-state index contributed by atoms with van der Waals surface area (Å²) in [5.74, 6) is 2.09. The first kappa shape index (κ1) is 14.9. The minimum absolute atomic E-state index is 0.0168. The summed E-state index contributed by atoms with van der Waals surface area (Å²) in [7, 11) is 0. The zero-order valence-corrected chi connectivity index (χ0v) is 12.5. The molecule has 0 fully saturated rings. The van der Waals surface area contributed by atoms with Gasteiger partial charge in [-0.25, -0.2) is 0 Å². The lowest BCUT2D eigenvalue weighted by Crippen LogP contribution is -2.11. The SMILES string of the molecule is O=C(COc1ccc(Oc2ccccc2)cc1)c1ccccc1. The maximum atomic E-state index is 12.0. The van der Waals surface area contributed by atoms with Crippen LogP contribution in [0.25, 0.3) is 0 Å². The van der Waals surface area contributed by atoms with E-state index in [1.54, 1.807) is 24.3 Å². The minimum Gasteiger partial charge on any atom is -0.485 e. The quantitative estimate of drug-likeness (QED) is 0.617. The summed E-state index contributed by atoms with van der Waals surface area (Å²) in [5, 5.41) is 0.